The first kappa shape index (κ1) is 20.5. The van der Waals surface area contributed by atoms with E-state index >= 15 is 0 Å². The minimum Gasteiger partial charge on any atom is -0.337 e. The van der Waals surface area contributed by atoms with Crippen LogP contribution in [0.5, 0.6) is 0 Å². The van der Waals surface area contributed by atoms with Gasteiger partial charge in [0.2, 0.25) is 0 Å². The Balaban J connectivity index is 1.26. The summed E-state index contributed by atoms with van der Waals surface area (Å²) >= 11 is 0. The average molecular weight is 430 g/mol. The maximum Gasteiger partial charge on any atom is 0.199 e. The molecule has 164 valence electrons. The molecule has 0 unspecified atom stereocenters. The van der Waals surface area contributed by atoms with E-state index in [9.17, 15) is 4.79 Å². The van der Waals surface area contributed by atoms with Crippen LogP contribution in [0.1, 0.15) is 48.7 Å². The zero-order chi connectivity index (χ0) is 21.9. The SMILES string of the molecule is CCN1CCC[C@H]1CCC(=O)c1ccc(Nc2ncc(C3=CCN=C3)n3ncnc23)cc1. The molecule has 8 heteroatoms. The number of rotatable bonds is 8. The summed E-state index contributed by atoms with van der Waals surface area (Å²) in [6, 6.07) is 8.14. The van der Waals surface area contributed by atoms with E-state index in [-0.39, 0.29) is 5.78 Å². The lowest BCUT2D eigenvalue weighted by Crippen LogP contribution is -2.29. The molecule has 0 aliphatic carbocycles. The van der Waals surface area contributed by atoms with Crippen LogP contribution in [0, 0.1) is 0 Å². The lowest BCUT2D eigenvalue weighted by atomic mass is 10.0. The number of hydrogen-bond donors (Lipinski definition) is 1. The number of fused-ring (bicyclic) bond motifs is 1. The Morgan fingerprint density at radius 2 is 2.09 bits per heavy atom. The van der Waals surface area contributed by atoms with Crippen molar-refractivity contribution < 1.29 is 4.79 Å². The van der Waals surface area contributed by atoms with Crippen molar-refractivity contribution >= 4 is 34.7 Å². The van der Waals surface area contributed by atoms with E-state index in [1.807, 2.05) is 36.6 Å². The molecule has 1 atom stereocenters. The molecule has 0 saturated carbocycles. The predicted octanol–water partition coefficient (Wildman–Crippen LogP) is 3.78. The number of hydrogen-bond acceptors (Lipinski definition) is 7. The number of nitrogens with one attached hydrogen (secondary N) is 1. The number of carbonyl (C=O) groups excluding carboxylic acids is 1. The first-order valence-electron chi connectivity index (χ1n) is 11.3. The Hall–Kier alpha value is -3.39. The molecule has 1 aromatic carbocycles. The van der Waals surface area contributed by atoms with Crippen molar-refractivity contribution in [3.05, 3.63) is 54.1 Å². The minimum absolute atomic E-state index is 0.202. The molecule has 1 N–H and O–H groups in total. The number of allylic oxidation sites excluding steroid dienone is 1. The summed E-state index contributed by atoms with van der Waals surface area (Å²) in [5, 5.41) is 7.64. The number of nitrogens with zero attached hydrogens (tertiary/aromatic N) is 6. The molecule has 5 rings (SSSR count). The molecule has 0 bridgehead atoms. The van der Waals surface area contributed by atoms with E-state index in [4.69, 9.17) is 0 Å². The van der Waals surface area contributed by atoms with Crippen LogP contribution in [0.15, 0.2) is 47.9 Å². The van der Waals surface area contributed by atoms with Crippen LogP contribution >= 0.6 is 0 Å². The Morgan fingerprint density at radius 3 is 2.88 bits per heavy atom. The third-order valence-electron chi connectivity index (χ3n) is 6.33. The number of anilines is 2. The summed E-state index contributed by atoms with van der Waals surface area (Å²) < 4.78 is 1.76. The normalized spacial score (nSPS) is 18.4. The average Bonchev–Trinajstić information content (AvgIpc) is 3.60. The van der Waals surface area contributed by atoms with Crippen molar-refractivity contribution in [2.24, 2.45) is 4.99 Å². The molecule has 1 fully saturated rings. The molecule has 2 aromatic heterocycles. The van der Waals surface area contributed by atoms with Gasteiger partial charge in [-0.25, -0.2) is 14.5 Å². The molecule has 2 aliphatic heterocycles. The van der Waals surface area contributed by atoms with Crippen LogP contribution in [-0.4, -0.2) is 62.2 Å². The Kier molecular flexibility index (Phi) is 5.77. The summed E-state index contributed by atoms with van der Waals surface area (Å²) in [7, 11) is 0. The number of benzene rings is 1. The van der Waals surface area contributed by atoms with Crippen LogP contribution in [-0.2, 0) is 0 Å². The molecule has 2 aliphatic rings. The molecule has 0 radical (unpaired) electrons. The van der Waals surface area contributed by atoms with E-state index in [1.54, 1.807) is 10.7 Å². The molecule has 1 saturated heterocycles. The lowest BCUT2D eigenvalue weighted by molar-refractivity contribution is 0.0968. The number of carbonyl (C=O) groups is 1. The quantitative estimate of drug-likeness (QED) is 0.548. The van der Waals surface area contributed by atoms with Crippen LogP contribution in [0.25, 0.3) is 11.2 Å². The van der Waals surface area contributed by atoms with Gasteiger partial charge in [0.05, 0.1) is 18.4 Å². The number of Topliss-reactive ketones (excluding diaryl/α,β-unsaturated/α-hetero) is 1. The highest BCUT2D eigenvalue weighted by Gasteiger charge is 2.23. The number of ketones is 1. The third kappa shape index (κ3) is 4.05. The van der Waals surface area contributed by atoms with Crippen molar-refractivity contribution in [3.63, 3.8) is 0 Å². The molecule has 0 amide bonds. The zero-order valence-corrected chi connectivity index (χ0v) is 18.2. The minimum atomic E-state index is 0.202. The van der Waals surface area contributed by atoms with Gasteiger partial charge in [0.25, 0.3) is 0 Å². The smallest absolute Gasteiger partial charge is 0.199 e. The van der Waals surface area contributed by atoms with Gasteiger partial charge in [0.15, 0.2) is 17.2 Å². The second-order valence-corrected chi connectivity index (χ2v) is 8.23. The third-order valence-corrected chi connectivity index (χ3v) is 6.33. The molecule has 32 heavy (non-hydrogen) atoms. The van der Waals surface area contributed by atoms with Gasteiger partial charge in [-0.05, 0) is 56.6 Å². The van der Waals surface area contributed by atoms with Crippen LogP contribution in [0.3, 0.4) is 0 Å². The summed E-state index contributed by atoms with van der Waals surface area (Å²) in [5.41, 5.74) is 4.08. The van der Waals surface area contributed by atoms with Crippen molar-refractivity contribution in [2.75, 3.05) is 25.0 Å². The lowest BCUT2D eigenvalue weighted by Gasteiger charge is -2.22. The van der Waals surface area contributed by atoms with Gasteiger partial charge in [-0.2, -0.15) is 5.10 Å². The van der Waals surface area contributed by atoms with Gasteiger partial charge in [-0.3, -0.25) is 9.79 Å². The highest BCUT2D eigenvalue weighted by atomic mass is 16.1. The van der Waals surface area contributed by atoms with Crippen LogP contribution < -0.4 is 5.32 Å². The Morgan fingerprint density at radius 1 is 1.22 bits per heavy atom. The van der Waals surface area contributed by atoms with E-state index in [0.29, 0.717) is 30.5 Å². The number of aromatic nitrogens is 4. The highest BCUT2D eigenvalue weighted by Crippen LogP contribution is 2.24. The molecular weight excluding hydrogens is 402 g/mol. The fourth-order valence-corrected chi connectivity index (χ4v) is 4.58. The largest absolute Gasteiger partial charge is 0.337 e. The molecule has 4 heterocycles. The summed E-state index contributed by atoms with van der Waals surface area (Å²) in [6.45, 7) is 5.10. The second-order valence-electron chi connectivity index (χ2n) is 8.23. The van der Waals surface area contributed by atoms with E-state index < -0.39 is 0 Å². The van der Waals surface area contributed by atoms with Gasteiger partial charge in [-0.1, -0.05) is 13.0 Å². The maximum atomic E-state index is 12.7. The fourth-order valence-electron chi connectivity index (χ4n) is 4.58. The van der Waals surface area contributed by atoms with E-state index in [2.05, 4.69) is 37.2 Å². The fraction of sp³-hybridized carbons (Fsp3) is 0.375. The molecular formula is C24H27N7O. The number of aliphatic imine (C=N–C) groups is 1. The monoisotopic (exact) mass is 429 g/mol. The van der Waals surface area contributed by atoms with Gasteiger partial charge >= 0.3 is 0 Å². The van der Waals surface area contributed by atoms with Crippen molar-refractivity contribution in [1.82, 2.24) is 24.5 Å². The van der Waals surface area contributed by atoms with E-state index in [0.717, 1.165) is 42.0 Å². The Labute approximate surface area is 187 Å². The highest BCUT2D eigenvalue weighted by molar-refractivity contribution is 6.11. The van der Waals surface area contributed by atoms with Crippen molar-refractivity contribution in [3.8, 4) is 0 Å². The van der Waals surface area contributed by atoms with Gasteiger partial charge in [0.1, 0.15) is 6.33 Å². The molecule has 8 nitrogen and oxygen atoms in total. The van der Waals surface area contributed by atoms with Crippen LogP contribution in [0.2, 0.25) is 0 Å². The van der Waals surface area contributed by atoms with Gasteiger partial charge < -0.3 is 10.2 Å². The molecule has 3 aromatic rings. The van der Waals surface area contributed by atoms with Gasteiger partial charge in [-0.15, -0.1) is 0 Å². The van der Waals surface area contributed by atoms with E-state index in [1.165, 1.54) is 19.2 Å². The van der Waals surface area contributed by atoms with Crippen molar-refractivity contribution in [2.45, 2.75) is 38.6 Å². The van der Waals surface area contributed by atoms with Crippen LogP contribution in [0.4, 0.5) is 11.5 Å². The Bertz CT molecular complexity index is 1180. The maximum absolute atomic E-state index is 12.7. The first-order chi connectivity index (χ1) is 15.7. The summed E-state index contributed by atoms with van der Waals surface area (Å²) in [4.78, 5) is 28.3. The predicted molar refractivity (Wildman–Crippen MR) is 126 cm³/mol. The summed E-state index contributed by atoms with van der Waals surface area (Å²) in [6.07, 6.45) is 11.1. The topological polar surface area (TPSA) is 87.8 Å². The first-order valence-corrected chi connectivity index (χ1v) is 11.3. The molecule has 0 spiro atoms. The zero-order valence-electron chi connectivity index (χ0n) is 18.2. The van der Waals surface area contributed by atoms with Gasteiger partial charge in [0, 0.05) is 35.5 Å². The number of likely N-dealkylation sites (tertiary alicyclic amines) is 1. The summed E-state index contributed by atoms with van der Waals surface area (Å²) in [5.74, 6) is 0.815. The van der Waals surface area contributed by atoms with Crippen molar-refractivity contribution in [1.29, 1.82) is 0 Å². The standard InChI is InChI=1S/C24H27N7O/c1-2-30-13-3-4-20(30)9-10-22(32)17-5-7-19(8-6-17)29-23-24-27-16-28-31(24)21(15-26-23)18-11-12-25-14-18/h5-8,11,14-16,20H,2-4,9-10,12-13H2,1H3,(H,26,29)/t20-/m0/s1. The second kappa shape index (κ2) is 9.00.